The molecular weight excluding hydrogens is 262 g/mol. The maximum absolute atomic E-state index is 9.82. The maximum Gasteiger partial charge on any atom is 0.138 e. The Morgan fingerprint density at radius 3 is 2.68 bits per heavy atom. The Balaban J connectivity index is 1.84. The topological polar surface area (TPSA) is 52.5 Å². The maximum atomic E-state index is 9.82. The van der Waals surface area contributed by atoms with Crippen molar-refractivity contribution in [3.05, 3.63) is 28.8 Å². The van der Waals surface area contributed by atoms with E-state index in [1.807, 2.05) is 12.1 Å². The van der Waals surface area contributed by atoms with Gasteiger partial charge in [0, 0.05) is 18.7 Å². The first-order chi connectivity index (χ1) is 9.22. The van der Waals surface area contributed by atoms with Crippen molar-refractivity contribution in [2.75, 3.05) is 13.2 Å². The summed E-state index contributed by atoms with van der Waals surface area (Å²) in [6, 6.07) is 5.40. The predicted molar refractivity (Wildman–Crippen MR) is 77.4 cm³/mol. The fourth-order valence-corrected chi connectivity index (χ4v) is 3.08. The fourth-order valence-electron chi connectivity index (χ4n) is 2.89. The van der Waals surface area contributed by atoms with Crippen LogP contribution in [0.4, 0.5) is 0 Å². The van der Waals surface area contributed by atoms with E-state index in [-0.39, 0.29) is 12.4 Å². The van der Waals surface area contributed by atoms with E-state index in [0.717, 1.165) is 18.5 Å². The number of para-hydroxylation sites is 1. The Labute approximate surface area is 119 Å². The fraction of sp³-hybridized carbons (Fsp3) is 0.600. The van der Waals surface area contributed by atoms with Gasteiger partial charge in [-0.2, -0.15) is 0 Å². The monoisotopic (exact) mass is 283 g/mol. The Morgan fingerprint density at radius 1 is 1.21 bits per heavy atom. The van der Waals surface area contributed by atoms with Crippen LogP contribution in [0.2, 0.25) is 5.02 Å². The molecule has 1 saturated carbocycles. The highest BCUT2D eigenvalue weighted by Crippen LogP contribution is 2.30. The lowest BCUT2D eigenvalue weighted by Gasteiger charge is -2.30. The Morgan fingerprint density at radius 2 is 1.95 bits per heavy atom. The predicted octanol–water partition coefficient (Wildman–Crippen LogP) is 2.93. The molecule has 0 spiro atoms. The zero-order chi connectivity index (χ0) is 13.7. The van der Waals surface area contributed by atoms with Gasteiger partial charge in [0.15, 0.2) is 0 Å². The van der Waals surface area contributed by atoms with Crippen molar-refractivity contribution in [2.45, 2.75) is 32.2 Å². The lowest BCUT2D eigenvalue weighted by Crippen LogP contribution is -2.32. The van der Waals surface area contributed by atoms with Crippen molar-refractivity contribution in [1.82, 2.24) is 5.32 Å². The lowest BCUT2D eigenvalue weighted by molar-refractivity contribution is 0.133. The van der Waals surface area contributed by atoms with Crippen LogP contribution in [0.15, 0.2) is 18.2 Å². The summed E-state index contributed by atoms with van der Waals surface area (Å²) in [4.78, 5) is 0. The lowest BCUT2D eigenvalue weighted by atomic mass is 9.79. The molecule has 3 nitrogen and oxygen atoms in total. The van der Waals surface area contributed by atoms with E-state index in [9.17, 15) is 10.2 Å². The molecule has 1 aromatic carbocycles. The van der Waals surface area contributed by atoms with Gasteiger partial charge in [0.25, 0.3) is 0 Å². The zero-order valence-corrected chi connectivity index (χ0v) is 11.9. The van der Waals surface area contributed by atoms with Gasteiger partial charge in [-0.25, -0.2) is 0 Å². The van der Waals surface area contributed by atoms with Crippen molar-refractivity contribution in [3.63, 3.8) is 0 Å². The highest BCUT2D eigenvalue weighted by atomic mass is 35.5. The van der Waals surface area contributed by atoms with Crippen LogP contribution in [-0.2, 0) is 6.54 Å². The smallest absolute Gasteiger partial charge is 0.138 e. The first-order valence-corrected chi connectivity index (χ1v) is 7.38. The minimum atomic E-state index is 0.166. The number of aromatic hydroxyl groups is 1. The second kappa shape index (κ2) is 7.13. The van der Waals surface area contributed by atoms with Gasteiger partial charge in [-0.15, -0.1) is 0 Å². The van der Waals surface area contributed by atoms with Gasteiger partial charge in [-0.05, 0) is 37.3 Å². The van der Waals surface area contributed by atoms with Gasteiger partial charge in [0.2, 0.25) is 0 Å². The molecule has 0 heterocycles. The Hall–Kier alpha value is -0.770. The summed E-state index contributed by atoms with van der Waals surface area (Å²) in [7, 11) is 0. The third-order valence-corrected chi connectivity index (χ3v) is 4.40. The molecular formula is C15H22ClNO2. The minimum absolute atomic E-state index is 0.166. The highest BCUT2D eigenvalue weighted by molar-refractivity contribution is 6.32. The van der Waals surface area contributed by atoms with E-state index in [1.165, 1.54) is 19.3 Å². The average Bonchev–Trinajstić information content (AvgIpc) is 2.44. The SMILES string of the molecule is OCC1CCCCC1CNCc1cccc(Cl)c1O. The molecule has 2 unspecified atom stereocenters. The van der Waals surface area contributed by atoms with Gasteiger partial charge in [0.1, 0.15) is 5.75 Å². The number of rotatable bonds is 5. The van der Waals surface area contributed by atoms with Crippen molar-refractivity contribution in [2.24, 2.45) is 11.8 Å². The van der Waals surface area contributed by atoms with Crippen LogP contribution in [0.1, 0.15) is 31.2 Å². The number of hydrogen-bond acceptors (Lipinski definition) is 3. The molecule has 2 atom stereocenters. The summed E-state index contributed by atoms with van der Waals surface area (Å²) in [5.41, 5.74) is 0.823. The molecule has 106 valence electrons. The van der Waals surface area contributed by atoms with Crippen LogP contribution in [0.3, 0.4) is 0 Å². The van der Waals surface area contributed by atoms with Crippen molar-refractivity contribution >= 4 is 11.6 Å². The molecule has 0 aliphatic heterocycles. The molecule has 0 amide bonds. The van der Waals surface area contributed by atoms with Crippen LogP contribution in [0.5, 0.6) is 5.75 Å². The second-order valence-electron chi connectivity index (χ2n) is 5.37. The third-order valence-electron chi connectivity index (χ3n) is 4.09. The van der Waals surface area contributed by atoms with Gasteiger partial charge in [-0.1, -0.05) is 36.6 Å². The van der Waals surface area contributed by atoms with Crippen molar-refractivity contribution in [3.8, 4) is 5.75 Å². The number of hydrogen-bond donors (Lipinski definition) is 3. The Kier molecular flexibility index (Phi) is 5.49. The molecule has 0 bridgehead atoms. The molecule has 1 aliphatic carbocycles. The van der Waals surface area contributed by atoms with Gasteiger partial charge in [0.05, 0.1) is 5.02 Å². The van der Waals surface area contributed by atoms with Gasteiger partial charge < -0.3 is 15.5 Å². The van der Waals surface area contributed by atoms with Crippen LogP contribution < -0.4 is 5.32 Å². The van der Waals surface area contributed by atoms with Crippen LogP contribution in [0, 0.1) is 11.8 Å². The number of benzene rings is 1. The molecule has 1 aromatic rings. The normalized spacial score (nSPS) is 23.5. The zero-order valence-electron chi connectivity index (χ0n) is 11.1. The first kappa shape index (κ1) is 14.6. The number of nitrogens with one attached hydrogen (secondary N) is 1. The number of phenolic OH excluding ortho intramolecular Hbond substituents is 1. The quantitative estimate of drug-likeness (QED) is 0.779. The highest BCUT2D eigenvalue weighted by Gasteiger charge is 2.23. The number of aliphatic hydroxyl groups excluding tert-OH is 1. The molecule has 1 aliphatic rings. The second-order valence-corrected chi connectivity index (χ2v) is 5.77. The molecule has 19 heavy (non-hydrogen) atoms. The van der Waals surface area contributed by atoms with Crippen LogP contribution in [-0.4, -0.2) is 23.4 Å². The average molecular weight is 284 g/mol. The summed E-state index contributed by atoms with van der Waals surface area (Å²) in [5.74, 6) is 1.13. The molecule has 1 fully saturated rings. The van der Waals surface area contributed by atoms with E-state index in [2.05, 4.69) is 5.32 Å². The van der Waals surface area contributed by atoms with Gasteiger partial charge in [-0.3, -0.25) is 0 Å². The van der Waals surface area contributed by atoms with Gasteiger partial charge >= 0.3 is 0 Å². The molecule has 2 rings (SSSR count). The van der Waals surface area contributed by atoms with E-state index >= 15 is 0 Å². The van der Waals surface area contributed by atoms with Crippen LogP contribution in [0.25, 0.3) is 0 Å². The van der Waals surface area contributed by atoms with E-state index in [0.29, 0.717) is 23.4 Å². The molecule has 0 aromatic heterocycles. The van der Waals surface area contributed by atoms with E-state index in [1.54, 1.807) is 6.07 Å². The molecule has 4 heteroatoms. The van der Waals surface area contributed by atoms with Crippen molar-refractivity contribution < 1.29 is 10.2 Å². The first-order valence-electron chi connectivity index (χ1n) is 7.00. The number of phenols is 1. The summed E-state index contributed by atoms with van der Waals surface area (Å²) in [6.07, 6.45) is 4.80. The Bertz CT molecular complexity index is 411. The molecule has 3 N–H and O–H groups in total. The summed E-state index contributed by atoms with van der Waals surface area (Å²) in [5, 5.41) is 23.0. The number of halogens is 1. The van der Waals surface area contributed by atoms with E-state index in [4.69, 9.17) is 11.6 Å². The molecule has 0 radical (unpaired) electrons. The third kappa shape index (κ3) is 3.85. The summed E-state index contributed by atoms with van der Waals surface area (Å²) < 4.78 is 0. The largest absolute Gasteiger partial charge is 0.506 e. The summed E-state index contributed by atoms with van der Waals surface area (Å²) in [6.45, 7) is 1.78. The number of aliphatic hydroxyl groups is 1. The minimum Gasteiger partial charge on any atom is -0.506 e. The van der Waals surface area contributed by atoms with Crippen LogP contribution >= 0.6 is 11.6 Å². The van der Waals surface area contributed by atoms with E-state index < -0.39 is 0 Å². The standard InChI is InChI=1S/C15H22ClNO2/c16-14-7-3-6-12(15(14)19)9-17-8-11-4-1-2-5-13(11)10-18/h3,6-7,11,13,17-19H,1-2,4-5,8-10H2. The molecule has 0 saturated heterocycles. The van der Waals surface area contributed by atoms with Crippen molar-refractivity contribution in [1.29, 1.82) is 0 Å². The summed E-state index contributed by atoms with van der Waals surface area (Å²) >= 11 is 5.88.